The van der Waals surface area contributed by atoms with E-state index >= 15 is 0 Å². The number of thiophene rings is 1. The van der Waals surface area contributed by atoms with Gasteiger partial charge in [0.05, 0.1) is 21.7 Å². The van der Waals surface area contributed by atoms with E-state index in [4.69, 9.17) is 4.74 Å². The predicted molar refractivity (Wildman–Crippen MR) is 108 cm³/mol. The molecule has 0 radical (unpaired) electrons. The van der Waals surface area contributed by atoms with Crippen LogP contribution in [0.1, 0.15) is 15.9 Å². The largest absolute Gasteiger partial charge is 0.457 e. The van der Waals surface area contributed by atoms with E-state index in [2.05, 4.69) is 20.9 Å². The van der Waals surface area contributed by atoms with Gasteiger partial charge in [0.2, 0.25) is 0 Å². The van der Waals surface area contributed by atoms with E-state index in [9.17, 15) is 4.79 Å². The molecule has 0 aliphatic rings. The summed E-state index contributed by atoms with van der Waals surface area (Å²) in [4.78, 5) is 18.5. The molecule has 2 heterocycles. The molecule has 2 aromatic carbocycles. The van der Waals surface area contributed by atoms with Crippen molar-refractivity contribution in [2.75, 3.05) is 0 Å². The molecule has 0 bridgehead atoms. The molecule has 0 unspecified atom stereocenters. The number of esters is 1. The quantitative estimate of drug-likeness (QED) is 0.373. The van der Waals surface area contributed by atoms with Crippen LogP contribution in [-0.2, 0) is 11.3 Å². The van der Waals surface area contributed by atoms with Gasteiger partial charge >= 0.3 is 5.97 Å². The number of hydrogen-bond donors (Lipinski definition) is 0. The molecular weight excluding hydrogens is 410 g/mol. The number of halogens is 1. The molecule has 0 fully saturated rings. The van der Waals surface area contributed by atoms with Crippen molar-refractivity contribution in [1.82, 2.24) is 4.98 Å². The van der Waals surface area contributed by atoms with Gasteiger partial charge < -0.3 is 4.74 Å². The minimum absolute atomic E-state index is 0.233. The lowest BCUT2D eigenvalue weighted by Crippen LogP contribution is -2.07. The molecule has 0 saturated heterocycles. The monoisotopic (exact) mass is 423 g/mol. The molecule has 0 atom stereocenters. The molecule has 0 amide bonds. The van der Waals surface area contributed by atoms with Gasteiger partial charge in [0.15, 0.2) is 0 Å². The number of aromatic nitrogens is 1. The van der Waals surface area contributed by atoms with Gasteiger partial charge in [-0.1, -0.05) is 52.3 Å². The Morgan fingerprint density at radius 1 is 1.04 bits per heavy atom. The van der Waals surface area contributed by atoms with Gasteiger partial charge in [-0.3, -0.25) is 0 Å². The molecule has 0 saturated carbocycles. The Morgan fingerprint density at radius 3 is 2.62 bits per heavy atom. The van der Waals surface area contributed by atoms with Gasteiger partial charge in [-0.25, -0.2) is 9.78 Å². The number of rotatable bonds is 4. The maximum atomic E-state index is 12.8. The van der Waals surface area contributed by atoms with E-state index in [0.717, 1.165) is 31.5 Å². The second-order valence-electron chi connectivity index (χ2n) is 5.75. The van der Waals surface area contributed by atoms with Gasteiger partial charge in [-0.15, -0.1) is 11.3 Å². The number of fused-ring (bicyclic) bond motifs is 1. The first-order valence-electron chi connectivity index (χ1n) is 8.06. The smallest absolute Gasteiger partial charge is 0.339 e. The molecule has 0 spiro atoms. The first-order chi connectivity index (χ1) is 12.7. The Labute approximate surface area is 163 Å². The normalized spacial score (nSPS) is 10.8. The third-order valence-corrected chi connectivity index (χ3v) is 5.41. The average molecular weight is 424 g/mol. The fourth-order valence-corrected chi connectivity index (χ4v) is 3.65. The maximum absolute atomic E-state index is 12.8. The lowest BCUT2D eigenvalue weighted by atomic mass is 10.1. The highest BCUT2D eigenvalue weighted by atomic mass is 79.9. The molecule has 0 aliphatic heterocycles. The summed E-state index contributed by atoms with van der Waals surface area (Å²) in [5.74, 6) is -0.343. The molecule has 5 heteroatoms. The lowest BCUT2D eigenvalue weighted by molar-refractivity contribution is 0.0475. The highest BCUT2D eigenvalue weighted by Gasteiger charge is 2.15. The number of para-hydroxylation sites is 1. The molecule has 26 heavy (non-hydrogen) atoms. The van der Waals surface area contributed by atoms with Crippen LogP contribution in [0.5, 0.6) is 0 Å². The van der Waals surface area contributed by atoms with Crippen molar-refractivity contribution in [2.24, 2.45) is 0 Å². The molecule has 2 aromatic heterocycles. The fraction of sp³-hybridized carbons (Fsp3) is 0.0476. The second kappa shape index (κ2) is 7.40. The van der Waals surface area contributed by atoms with Crippen LogP contribution in [0, 0.1) is 0 Å². The zero-order chi connectivity index (χ0) is 17.9. The SMILES string of the molecule is O=C(OCc1ccc(Br)cc1)c1cc(-c2cccs2)nc2ccccc12. The van der Waals surface area contributed by atoms with Crippen molar-refractivity contribution >= 4 is 44.1 Å². The van der Waals surface area contributed by atoms with Gasteiger partial charge in [0.25, 0.3) is 0 Å². The summed E-state index contributed by atoms with van der Waals surface area (Å²) in [6.45, 7) is 0.233. The third kappa shape index (κ3) is 3.54. The number of hydrogen-bond acceptors (Lipinski definition) is 4. The standard InChI is InChI=1S/C21H14BrNO2S/c22-15-9-7-14(8-10-15)13-25-21(24)17-12-19(20-6-3-11-26-20)23-18-5-2-1-4-16(17)18/h1-12H,13H2. The Bertz CT molecular complexity index is 1060. The van der Waals surface area contributed by atoms with Crippen LogP contribution in [0.3, 0.4) is 0 Å². The second-order valence-corrected chi connectivity index (χ2v) is 7.62. The molecule has 4 rings (SSSR count). The van der Waals surface area contributed by atoms with Crippen molar-refractivity contribution in [3.63, 3.8) is 0 Å². The third-order valence-electron chi connectivity index (χ3n) is 3.99. The molecule has 4 aromatic rings. The van der Waals surface area contributed by atoms with Crippen molar-refractivity contribution in [1.29, 1.82) is 0 Å². The van der Waals surface area contributed by atoms with Crippen molar-refractivity contribution in [3.8, 4) is 10.6 Å². The van der Waals surface area contributed by atoms with Crippen molar-refractivity contribution in [2.45, 2.75) is 6.61 Å². The zero-order valence-electron chi connectivity index (χ0n) is 13.7. The van der Waals surface area contributed by atoms with E-state index in [1.54, 1.807) is 11.3 Å². The van der Waals surface area contributed by atoms with Crippen LogP contribution < -0.4 is 0 Å². The summed E-state index contributed by atoms with van der Waals surface area (Å²) >= 11 is 5.00. The van der Waals surface area contributed by atoms with Gasteiger partial charge in [-0.2, -0.15) is 0 Å². The Balaban J connectivity index is 1.67. The Kier molecular flexibility index (Phi) is 4.82. The van der Waals surface area contributed by atoms with Crippen LogP contribution in [0.25, 0.3) is 21.5 Å². The van der Waals surface area contributed by atoms with Crippen LogP contribution in [0.2, 0.25) is 0 Å². The van der Waals surface area contributed by atoms with Crippen LogP contribution in [0.4, 0.5) is 0 Å². The number of carbonyl (C=O) groups excluding carboxylic acids is 1. The fourth-order valence-electron chi connectivity index (χ4n) is 2.70. The molecule has 3 nitrogen and oxygen atoms in total. The summed E-state index contributed by atoms with van der Waals surface area (Å²) in [6.07, 6.45) is 0. The van der Waals surface area contributed by atoms with E-state index in [-0.39, 0.29) is 12.6 Å². The van der Waals surface area contributed by atoms with Crippen molar-refractivity contribution in [3.05, 3.63) is 87.7 Å². The molecule has 0 N–H and O–H groups in total. The van der Waals surface area contributed by atoms with E-state index in [1.807, 2.05) is 72.1 Å². The molecule has 128 valence electrons. The highest BCUT2D eigenvalue weighted by molar-refractivity contribution is 9.10. The van der Waals surface area contributed by atoms with Crippen LogP contribution in [0.15, 0.2) is 76.6 Å². The van der Waals surface area contributed by atoms with E-state index < -0.39 is 0 Å². The summed E-state index contributed by atoms with van der Waals surface area (Å²) < 4.78 is 6.55. The number of carbonyl (C=O) groups is 1. The Hall–Kier alpha value is -2.50. The molecular formula is C21H14BrNO2S. The average Bonchev–Trinajstić information content (AvgIpc) is 3.21. The Morgan fingerprint density at radius 2 is 1.85 bits per heavy atom. The molecule has 0 aliphatic carbocycles. The maximum Gasteiger partial charge on any atom is 0.339 e. The minimum atomic E-state index is -0.343. The zero-order valence-corrected chi connectivity index (χ0v) is 16.1. The van der Waals surface area contributed by atoms with Crippen molar-refractivity contribution < 1.29 is 9.53 Å². The summed E-state index contributed by atoms with van der Waals surface area (Å²) in [6, 6.07) is 21.1. The topological polar surface area (TPSA) is 39.2 Å². The highest BCUT2D eigenvalue weighted by Crippen LogP contribution is 2.28. The number of pyridine rings is 1. The first kappa shape index (κ1) is 16.9. The van der Waals surface area contributed by atoms with Crippen LogP contribution >= 0.6 is 27.3 Å². The van der Waals surface area contributed by atoms with Crippen LogP contribution in [-0.4, -0.2) is 11.0 Å². The summed E-state index contributed by atoms with van der Waals surface area (Å²) in [5.41, 5.74) is 3.05. The summed E-state index contributed by atoms with van der Waals surface area (Å²) in [5, 5.41) is 2.80. The predicted octanol–water partition coefficient (Wildman–Crippen LogP) is 6.08. The van der Waals surface area contributed by atoms with Gasteiger partial charge in [-0.05, 0) is 41.3 Å². The lowest BCUT2D eigenvalue weighted by Gasteiger charge is -2.09. The minimum Gasteiger partial charge on any atom is -0.457 e. The summed E-state index contributed by atoms with van der Waals surface area (Å²) in [7, 11) is 0. The van der Waals surface area contributed by atoms with Gasteiger partial charge in [0.1, 0.15) is 6.61 Å². The first-order valence-corrected chi connectivity index (χ1v) is 9.73. The van der Waals surface area contributed by atoms with E-state index in [0.29, 0.717) is 5.56 Å². The van der Waals surface area contributed by atoms with E-state index in [1.165, 1.54) is 0 Å². The van der Waals surface area contributed by atoms with Gasteiger partial charge in [0, 0.05) is 9.86 Å². The number of benzene rings is 2. The number of nitrogens with zero attached hydrogens (tertiary/aromatic N) is 1. The number of ether oxygens (including phenoxy) is 1.